The molecule has 0 aliphatic heterocycles. The molecule has 0 saturated heterocycles. The molecule has 0 spiro atoms. The third kappa shape index (κ3) is 4.74. The Morgan fingerprint density at radius 1 is 1.11 bits per heavy atom. The van der Waals surface area contributed by atoms with Crippen molar-refractivity contribution in [2.24, 2.45) is 5.92 Å². The maximum absolute atomic E-state index is 3.76. The molecule has 102 valence electrons. The fourth-order valence-electron chi connectivity index (χ4n) is 2.27. The van der Waals surface area contributed by atoms with Crippen molar-refractivity contribution in [3.05, 3.63) is 34.3 Å². The van der Waals surface area contributed by atoms with Crippen LogP contribution in [0, 0.1) is 5.92 Å². The molecule has 0 bridgehead atoms. The first-order chi connectivity index (χ1) is 8.58. The van der Waals surface area contributed by atoms with Gasteiger partial charge in [0.2, 0.25) is 0 Å². The summed E-state index contributed by atoms with van der Waals surface area (Å²) in [6.45, 7) is 9.13. The van der Waals surface area contributed by atoms with Crippen LogP contribution >= 0.6 is 15.9 Å². The van der Waals surface area contributed by atoms with Crippen molar-refractivity contribution in [1.29, 1.82) is 0 Å². The van der Waals surface area contributed by atoms with Crippen molar-refractivity contribution in [3.8, 4) is 0 Å². The first-order valence-corrected chi connectivity index (χ1v) is 7.88. The van der Waals surface area contributed by atoms with Gasteiger partial charge in [0.25, 0.3) is 0 Å². The Balaban J connectivity index is 2.62. The van der Waals surface area contributed by atoms with Crippen molar-refractivity contribution in [1.82, 2.24) is 5.32 Å². The van der Waals surface area contributed by atoms with E-state index in [0.29, 0.717) is 12.1 Å². The Morgan fingerprint density at radius 3 is 2.33 bits per heavy atom. The highest BCUT2D eigenvalue weighted by Gasteiger charge is 2.15. The van der Waals surface area contributed by atoms with Gasteiger partial charge in [-0.3, -0.25) is 0 Å². The minimum absolute atomic E-state index is 0.398. The summed E-state index contributed by atoms with van der Waals surface area (Å²) < 4.78 is 1.20. The van der Waals surface area contributed by atoms with Crippen LogP contribution in [0.2, 0.25) is 0 Å². The van der Waals surface area contributed by atoms with Crippen LogP contribution in [0.5, 0.6) is 0 Å². The largest absolute Gasteiger partial charge is 0.307 e. The lowest BCUT2D eigenvalue weighted by Gasteiger charge is -2.25. The molecular weight excluding hydrogens is 286 g/mol. The minimum Gasteiger partial charge on any atom is -0.307 e. The number of hydrogen-bond donors (Lipinski definition) is 1. The summed E-state index contributed by atoms with van der Waals surface area (Å²) in [5, 5.41) is 3.76. The second kappa shape index (κ2) is 7.96. The van der Waals surface area contributed by atoms with E-state index in [4.69, 9.17) is 0 Å². The number of nitrogens with one attached hydrogen (secondary N) is 1. The van der Waals surface area contributed by atoms with E-state index >= 15 is 0 Å². The van der Waals surface area contributed by atoms with Crippen molar-refractivity contribution in [2.45, 2.75) is 59.0 Å². The van der Waals surface area contributed by atoms with Crippen LogP contribution in [-0.2, 0) is 0 Å². The molecule has 0 aliphatic carbocycles. The summed E-state index contributed by atoms with van der Waals surface area (Å²) >= 11 is 3.63. The Bertz CT molecular complexity index is 351. The summed E-state index contributed by atoms with van der Waals surface area (Å²) in [4.78, 5) is 0. The SMILES string of the molecule is CCC(C)CC(CC)N[C@@H](C)c1ccccc1Br. The topological polar surface area (TPSA) is 12.0 Å². The van der Waals surface area contributed by atoms with Gasteiger partial charge in [-0.05, 0) is 37.3 Å². The van der Waals surface area contributed by atoms with Gasteiger partial charge in [0, 0.05) is 16.6 Å². The molecule has 0 saturated carbocycles. The number of hydrogen-bond acceptors (Lipinski definition) is 1. The summed E-state index contributed by atoms with van der Waals surface area (Å²) in [5.41, 5.74) is 1.35. The zero-order valence-electron chi connectivity index (χ0n) is 12.0. The highest BCUT2D eigenvalue weighted by Crippen LogP contribution is 2.24. The van der Waals surface area contributed by atoms with E-state index in [1.807, 2.05) is 0 Å². The van der Waals surface area contributed by atoms with E-state index in [1.54, 1.807) is 0 Å². The van der Waals surface area contributed by atoms with Crippen molar-refractivity contribution < 1.29 is 0 Å². The minimum atomic E-state index is 0.398. The summed E-state index contributed by atoms with van der Waals surface area (Å²) in [5.74, 6) is 0.800. The van der Waals surface area contributed by atoms with Gasteiger partial charge in [-0.1, -0.05) is 61.3 Å². The fraction of sp³-hybridized carbons (Fsp3) is 0.625. The molecule has 0 fully saturated rings. The Kier molecular flexibility index (Phi) is 6.95. The van der Waals surface area contributed by atoms with E-state index < -0.39 is 0 Å². The van der Waals surface area contributed by atoms with Crippen LogP contribution in [0.15, 0.2) is 28.7 Å². The number of halogens is 1. The van der Waals surface area contributed by atoms with Gasteiger partial charge < -0.3 is 5.32 Å². The van der Waals surface area contributed by atoms with Gasteiger partial charge in [0.05, 0.1) is 0 Å². The standard InChI is InChI=1S/C16H26BrN/c1-5-12(3)11-14(6-2)18-13(4)15-9-7-8-10-16(15)17/h7-10,12-14,18H,5-6,11H2,1-4H3/t12?,13-,14?/m0/s1. The molecule has 1 N–H and O–H groups in total. The summed E-state index contributed by atoms with van der Waals surface area (Å²) in [7, 11) is 0. The van der Waals surface area contributed by atoms with E-state index in [1.165, 1.54) is 29.3 Å². The third-order valence-corrected chi connectivity index (χ3v) is 4.46. The van der Waals surface area contributed by atoms with Crippen molar-refractivity contribution in [3.63, 3.8) is 0 Å². The predicted octanol–water partition coefficient (Wildman–Crippen LogP) is 5.31. The summed E-state index contributed by atoms with van der Waals surface area (Å²) in [6, 6.07) is 9.49. The zero-order chi connectivity index (χ0) is 13.5. The van der Waals surface area contributed by atoms with Gasteiger partial charge in [0.15, 0.2) is 0 Å². The molecule has 0 aliphatic rings. The molecule has 0 heterocycles. The molecule has 2 heteroatoms. The Labute approximate surface area is 120 Å². The van der Waals surface area contributed by atoms with E-state index in [2.05, 4.69) is 73.2 Å². The molecular formula is C16H26BrN. The van der Waals surface area contributed by atoms with Crippen LogP contribution < -0.4 is 5.32 Å². The van der Waals surface area contributed by atoms with Gasteiger partial charge in [-0.15, -0.1) is 0 Å². The monoisotopic (exact) mass is 311 g/mol. The number of benzene rings is 1. The van der Waals surface area contributed by atoms with Crippen LogP contribution in [0.4, 0.5) is 0 Å². The maximum Gasteiger partial charge on any atom is 0.0305 e. The molecule has 1 nitrogen and oxygen atoms in total. The van der Waals surface area contributed by atoms with Crippen molar-refractivity contribution in [2.75, 3.05) is 0 Å². The predicted molar refractivity (Wildman–Crippen MR) is 83.8 cm³/mol. The molecule has 18 heavy (non-hydrogen) atoms. The Morgan fingerprint density at radius 2 is 1.78 bits per heavy atom. The molecule has 1 rings (SSSR count). The van der Waals surface area contributed by atoms with Crippen LogP contribution in [0.25, 0.3) is 0 Å². The normalized spacial score (nSPS) is 16.3. The highest BCUT2D eigenvalue weighted by molar-refractivity contribution is 9.10. The van der Waals surface area contributed by atoms with Gasteiger partial charge in [-0.2, -0.15) is 0 Å². The second-order valence-electron chi connectivity index (χ2n) is 5.26. The van der Waals surface area contributed by atoms with Gasteiger partial charge >= 0.3 is 0 Å². The first kappa shape index (κ1) is 15.7. The molecule has 1 aromatic rings. The lowest BCUT2D eigenvalue weighted by molar-refractivity contribution is 0.358. The third-order valence-electron chi connectivity index (χ3n) is 3.73. The zero-order valence-corrected chi connectivity index (χ0v) is 13.6. The number of rotatable bonds is 7. The molecule has 0 radical (unpaired) electrons. The van der Waals surface area contributed by atoms with Crippen LogP contribution in [0.1, 0.15) is 58.6 Å². The molecule has 2 unspecified atom stereocenters. The lowest BCUT2D eigenvalue weighted by atomic mass is 9.96. The molecule has 1 aromatic carbocycles. The average molecular weight is 312 g/mol. The van der Waals surface area contributed by atoms with E-state index in [9.17, 15) is 0 Å². The van der Waals surface area contributed by atoms with E-state index in [-0.39, 0.29) is 0 Å². The highest BCUT2D eigenvalue weighted by atomic mass is 79.9. The van der Waals surface area contributed by atoms with Crippen LogP contribution in [-0.4, -0.2) is 6.04 Å². The molecule has 0 amide bonds. The molecule has 3 atom stereocenters. The quantitative estimate of drug-likeness (QED) is 0.719. The first-order valence-electron chi connectivity index (χ1n) is 7.08. The fourth-order valence-corrected chi connectivity index (χ4v) is 2.90. The smallest absolute Gasteiger partial charge is 0.0305 e. The van der Waals surface area contributed by atoms with Gasteiger partial charge in [0.1, 0.15) is 0 Å². The van der Waals surface area contributed by atoms with E-state index in [0.717, 1.165) is 5.92 Å². The van der Waals surface area contributed by atoms with Crippen molar-refractivity contribution >= 4 is 15.9 Å². The van der Waals surface area contributed by atoms with Crippen LogP contribution in [0.3, 0.4) is 0 Å². The maximum atomic E-state index is 3.76. The Hall–Kier alpha value is -0.340. The van der Waals surface area contributed by atoms with Gasteiger partial charge in [-0.25, -0.2) is 0 Å². The summed E-state index contributed by atoms with van der Waals surface area (Å²) in [6.07, 6.45) is 3.72. The average Bonchev–Trinajstić information content (AvgIpc) is 2.38. The lowest BCUT2D eigenvalue weighted by Crippen LogP contribution is -2.32. The second-order valence-corrected chi connectivity index (χ2v) is 6.12. The molecule has 0 aromatic heterocycles.